The first-order chi connectivity index (χ1) is 7.40. The van der Waals surface area contributed by atoms with E-state index in [1.54, 1.807) is 6.20 Å². The molecule has 0 saturated heterocycles. The normalized spacial score (nSPS) is 25.7. The zero-order valence-corrected chi connectivity index (χ0v) is 8.89. The molecule has 1 fully saturated rings. The predicted molar refractivity (Wildman–Crippen MR) is 59.3 cm³/mol. The van der Waals surface area contributed by atoms with Crippen LogP contribution in [-0.4, -0.2) is 22.7 Å². The van der Waals surface area contributed by atoms with Crippen LogP contribution in [-0.2, 0) is 6.54 Å². The van der Waals surface area contributed by atoms with E-state index in [-0.39, 0.29) is 0 Å². The average Bonchev–Trinajstić information content (AvgIpc) is 2.75. The summed E-state index contributed by atoms with van der Waals surface area (Å²) in [5, 5.41) is 12.7. The highest BCUT2D eigenvalue weighted by Crippen LogP contribution is 2.25. The molecule has 2 unspecified atom stereocenters. The molecular weight excluding hydrogens is 188 g/mol. The Morgan fingerprint density at radius 3 is 3.13 bits per heavy atom. The third-order valence-electron chi connectivity index (χ3n) is 3.18. The molecule has 1 aliphatic rings. The van der Waals surface area contributed by atoms with Gasteiger partial charge in [0.05, 0.1) is 0 Å². The van der Waals surface area contributed by atoms with Crippen LogP contribution in [0, 0.1) is 5.92 Å². The maximum Gasteiger partial charge on any atom is 0.0474 e. The molecule has 0 amide bonds. The quantitative estimate of drug-likeness (QED) is 0.781. The van der Waals surface area contributed by atoms with Crippen molar-refractivity contribution in [2.45, 2.75) is 31.8 Å². The van der Waals surface area contributed by atoms with Crippen LogP contribution in [0.4, 0.5) is 0 Å². The van der Waals surface area contributed by atoms with E-state index in [9.17, 15) is 5.11 Å². The van der Waals surface area contributed by atoms with Gasteiger partial charge in [-0.1, -0.05) is 12.5 Å². The molecule has 0 aromatic carbocycles. The Kier molecular flexibility index (Phi) is 3.69. The van der Waals surface area contributed by atoms with Gasteiger partial charge in [0.1, 0.15) is 0 Å². The van der Waals surface area contributed by atoms with E-state index in [1.807, 2.05) is 12.3 Å². The van der Waals surface area contributed by atoms with Gasteiger partial charge < -0.3 is 10.4 Å². The van der Waals surface area contributed by atoms with Crippen molar-refractivity contribution >= 4 is 0 Å². The minimum Gasteiger partial charge on any atom is -0.396 e. The van der Waals surface area contributed by atoms with E-state index in [1.165, 1.54) is 18.4 Å². The van der Waals surface area contributed by atoms with Crippen molar-refractivity contribution in [3.05, 3.63) is 30.1 Å². The molecule has 3 heteroatoms. The monoisotopic (exact) mass is 206 g/mol. The van der Waals surface area contributed by atoms with Crippen LogP contribution < -0.4 is 5.32 Å². The van der Waals surface area contributed by atoms with E-state index in [2.05, 4.69) is 16.4 Å². The fourth-order valence-electron chi connectivity index (χ4n) is 2.28. The zero-order chi connectivity index (χ0) is 10.5. The van der Waals surface area contributed by atoms with Gasteiger partial charge in [0.25, 0.3) is 0 Å². The molecule has 2 N–H and O–H groups in total. The number of aliphatic hydroxyl groups excluding tert-OH is 1. The zero-order valence-electron chi connectivity index (χ0n) is 8.89. The van der Waals surface area contributed by atoms with Gasteiger partial charge in [-0.15, -0.1) is 0 Å². The molecule has 1 aromatic rings. The van der Waals surface area contributed by atoms with Gasteiger partial charge in [-0.2, -0.15) is 0 Å². The third-order valence-corrected chi connectivity index (χ3v) is 3.18. The molecular formula is C12H18N2O. The summed E-state index contributed by atoms with van der Waals surface area (Å²) < 4.78 is 0. The Hall–Kier alpha value is -0.930. The van der Waals surface area contributed by atoms with E-state index in [4.69, 9.17) is 0 Å². The highest BCUT2D eigenvalue weighted by atomic mass is 16.3. The van der Waals surface area contributed by atoms with Crippen LogP contribution in [0.1, 0.15) is 24.8 Å². The van der Waals surface area contributed by atoms with Gasteiger partial charge in [0.2, 0.25) is 0 Å². The minimum absolute atomic E-state index is 0.310. The molecule has 0 bridgehead atoms. The number of aromatic nitrogens is 1. The number of rotatable bonds is 4. The summed E-state index contributed by atoms with van der Waals surface area (Å²) in [6.45, 7) is 1.17. The summed E-state index contributed by atoms with van der Waals surface area (Å²) in [7, 11) is 0. The van der Waals surface area contributed by atoms with Gasteiger partial charge >= 0.3 is 0 Å². The molecule has 1 heterocycles. The molecule has 2 rings (SSSR count). The van der Waals surface area contributed by atoms with Crippen molar-refractivity contribution < 1.29 is 5.11 Å². The smallest absolute Gasteiger partial charge is 0.0474 e. The molecule has 3 nitrogen and oxygen atoms in total. The first kappa shape index (κ1) is 10.6. The molecule has 0 spiro atoms. The summed E-state index contributed by atoms with van der Waals surface area (Å²) >= 11 is 0. The van der Waals surface area contributed by atoms with Crippen LogP contribution in [0.15, 0.2) is 24.5 Å². The van der Waals surface area contributed by atoms with Crippen molar-refractivity contribution in [2.24, 2.45) is 5.92 Å². The SMILES string of the molecule is OCC1CCCC1NCc1cccnc1. The van der Waals surface area contributed by atoms with Crippen LogP contribution in [0.2, 0.25) is 0 Å². The van der Waals surface area contributed by atoms with Crippen molar-refractivity contribution in [2.75, 3.05) is 6.61 Å². The van der Waals surface area contributed by atoms with E-state index < -0.39 is 0 Å². The number of nitrogens with one attached hydrogen (secondary N) is 1. The van der Waals surface area contributed by atoms with E-state index in [0.717, 1.165) is 13.0 Å². The van der Waals surface area contributed by atoms with Crippen molar-refractivity contribution in [1.29, 1.82) is 0 Å². The second-order valence-electron chi connectivity index (χ2n) is 4.22. The fourth-order valence-corrected chi connectivity index (χ4v) is 2.28. The Balaban J connectivity index is 1.83. The van der Waals surface area contributed by atoms with Gasteiger partial charge in [-0.25, -0.2) is 0 Å². The van der Waals surface area contributed by atoms with Crippen LogP contribution in [0.25, 0.3) is 0 Å². The van der Waals surface area contributed by atoms with Gasteiger partial charge in [0, 0.05) is 31.6 Å². The molecule has 2 atom stereocenters. The molecule has 0 aliphatic heterocycles. The summed E-state index contributed by atoms with van der Waals surface area (Å²) in [6.07, 6.45) is 7.24. The lowest BCUT2D eigenvalue weighted by molar-refractivity contribution is 0.205. The predicted octanol–water partition coefficient (Wildman–Crippen LogP) is 1.33. The lowest BCUT2D eigenvalue weighted by Crippen LogP contribution is -2.33. The molecule has 1 aliphatic carbocycles. The minimum atomic E-state index is 0.310. The van der Waals surface area contributed by atoms with Gasteiger partial charge in [0.15, 0.2) is 0 Å². The molecule has 0 radical (unpaired) electrons. The number of nitrogens with zero attached hydrogens (tertiary/aromatic N) is 1. The Morgan fingerprint density at radius 2 is 2.40 bits per heavy atom. The largest absolute Gasteiger partial charge is 0.396 e. The molecule has 1 saturated carbocycles. The van der Waals surface area contributed by atoms with Gasteiger partial charge in [-0.3, -0.25) is 4.98 Å². The first-order valence-corrected chi connectivity index (χ1v) is 5.63. The van der Waals surface area contributed by atoms with Crippen LogP contribution in [0.3, 0.4) is 0 Å². The first-order valence-electron chi connectivity index (χ1n) is 5.63. The van der Waals surface area contributed by atoms with Crippen molar-refractivity contribution in [1.82, 2.24) is 10.3 Å². The Bertz CT molecular complexity index is 289. The highest BCUT2D eigenvalue weighted by Gasteiger charge is 2.25. The Morgan fingerprint density at radius 1 is 1.47 bits per heavy atom. The second kappa shape index (κ2) is 5.24. The highest BCUT2D eigenvalue weighted by molar-refractivity contribution is 5.08. The third kappa shape index (κ3) is 2.76. The molecule has 15 heavy (non-hydrogen) atoms. The molecule has 1 aromatic heterocycles. The fraction of sp³-hybridized carbons (Fsp3) is 0.583. The lowest BCUT2D eigenvalue weighted by Gasteiger charge is -2.18. The summed E-state index contributed by atoms with van der Waals surface area (Å²) in [6, 6.07) is 4.51. The van der Waals surface area contributed by atoms with Crippen LogP contribution in [0.5, 0.6) is 0 Å². The van der Waals surface area contributed by atoms with Crippen molar-refractivity contribution in [3.8, 4) is 0 Å². The maximum atomic E-state index is 9.18. The van der Waals surface area contributed by atoms with E-state index >= 15 is 0 Å². The van der Waals surface area contributed by atoms with E-state index in [0.29, 0.717) is 18.6 Å². The topological polar surface area (TPSA) is 45.1 Å². The van der Waals surface area contributed by atoms with Crippen molar-refractivity contribution in [3.63, 3.8) is 0 Å². The number of aliphatic hydroxyl groups is 1. The van der Waals surface area contributed by atoms with Gasteiger partial charge in [-0.05, 0) is 30.4 Å². The molecule has 82 valence electrons. The standard InChI is InChI=1S/C12H18N2O/c15-9-11-4-1-5-12(11)14-8-10-3-2-6-13-7-10/h2-3,6-7,11-12,14-15H,1,4-5,8-9H2. The Labute approximate surface area is 90.5 Å². The average molecular weight is 206 g/mol. The second-order valence-corrected chi connectivity index (χ2v) is 4.22. The number of pyridine rings is 1. The maximum absolute atomic E-state index is 9.18. The summed E-state index contributed by atoms with van der Waals surface area (Å²) in [4.78, 5) is 4.08. The van der Waals surface area contributed by atoms with Crippen LogP contribution >= 0.6 is 0 Å². The number of hydrogen-bond acceptors (Lipinski definition) is 3. The summed E-state index contributed by atoms with van der Waals surface area (Å²) in [5.41, 5.74) is 1.21. The lowest BCUT2D eigenvalue weighted by atomic mass is 10.0. The number of hydrogen-bond donors (Lipinski definition) is 2. The summed E-state index contributed by atoms with van der Waals surface area (Å²) in [5.74, 6) is 0.446.